The summed E-state index contributed by atoms with van der Waals surface area (Å²) in [6.07, 6.45) is 3.49. The minimum absolute atomic E-state index is 0.0117. The number of aromatic hydroxyl groups is 1. The lowest BCUT2D eigenvalue weighted by Gasteiger charge is -2.35. The van der Waals surface area contributed by atoms with Gasteiger partial charge in [-0.1, -0.05) is 81.3 Å². The molecule has 40 heavy (non-hydrogen) atoms. The molecule has 0 aliphatic rings. The number of hydrogen-bond donors (Lipinski definition) is 2. The van der Waals surface area contributed by atoms with Crippen molar-refractivity contribution in [3.8, 4) is 22.8 Å². The van der Waals surface area contributed by atoms with E-state index >= 15 is 0 Å². The van der Waals surface area contributed by atoms with Crippen LogP contribution in [0.3, 0.4) is 0 Å². The van der Waals surface area contributed by atoms with Gasteiger partial charge in [0.15, 0.2) is 14.0 Å². The fourth-order valence-corrected chi connectivity index (χ4v) is 5.32. The smallest absolute Gasteiger partial charge is 0.276 e. The van der Waals surface area contributed by atoms with Crippen LogP contribution in [0.2, 0.25) is 23.2 Å². The van der Waals surface area contributed by atoms with Gasteiger partial charge in [-0.2, -0.15) is 4.98 Å². The highest BCUT2D eigenvalue weighted by atomic mass is 35.5. The third-order valence-electron chi connectivity index (χ3n) is 7.67. The number of benzene rings is 2. The number of carbonyl (C=O) groups is 1. The monoisotopic (exact) mass is 583 g/mol. The predicted octanol–water partition coefficient (Wildman–Crippen LogP) is 7.10. The molecule has 0 saturated heterocycles. The van der Waals surface area contributed by atoms with E-state index in [4.69, 9.17) is 16.3 Å². The molecule has 1 amide bonds. The number of amides is 1. The second kappa shape index (κ2) is 13.6. The fourth-order valence-electron chi connectivity index (χ4n) is 4.29. The minimum Gasteiger partial charge on any atom is -0.491 e. The Morgan fingerprint density at radius 2 is 1.70 bits per heavy atom. The van der Waals surface area contributed by atoms with E-state index in [1.165, 1.54) is 0 Å². The lowest BCUT2D eigenvalue weighted by Crippen LogP contribution is -2.39. The molecule has 2 aromatic carbocycles. The Kier molecular flexibility index (Phi) is 10.7. The summed E-state index contributed by atoms with van der Waals surface area (Å²) in [5.41, 5.74) is 2.78. The molecule has 7 nitrogen and oxygen atoms in total. The summed E-state index contributed by atoms with van der Waals surface area (Å²) in [6.45, 7) is 10.9. The van der Waals surface area contributed by atoms with Crippen LogP contribution < -0.4 is 4.74 Å². The Morgan fingerprint density at radius 3 is 2.35 bits per heavy atom. The van der Waals surface area contributed by atoms with Gasteiger partial charge in [-0.25, -0.2) is 4.98 Å². The molecule has 0 spiro atoms. The molecular weight excluding hydrogens is 542 g/mol. The summed E-state index contributed by atoms with van der Waals surface area (Å²) in [7, 11) is -0.626. The number of rotatable bonds is 13. The van der Waals surface area contributed by atoms with Crippen molar-refractivity contribution in [2.45, 2.75) is 71.0 Å². The summed E-state index contributed by atoms with van der Waals surface area (Å²) < 4.78 is 5.83. The van der Waals surface area contributed by atoms with Gasteiger partial charge in [0.25, 0.3) is 11.8 Å². The molecule has 3 rings (SSSR count). The number of unbranched alkanes of at least 4 members (excludes halogenated alkanes) is 1. The summed E-state index contributed by atoms with van der Waals surface area (Å²) in [6, 6.07) is 15.4. The Labute approximate surface area is 244 Å². The van der Waals surface area contributed by atoms with Crippen LogP contribution in [0.5, 0.6) is 11.6 Å². The summed E-state index contributed by atoms with van der Waals surface area (Å²) in [4.78, 5) is 34.8. The largest absolute Gasteiger partial charge is 0.491 e. The Balaban J connectivity index is 1.91. The molecule has 3 aromatic rings. The second-order valence-electron chi connectivity index (χ2n) is 11.4. The van der Waals surface area contributed by atoms with E-state index in [0.29, 0.717) is 30.4 Å². The Hall–Kier alpha value is -2.94. The summed E-state index contributed by atoms with van der Waals surface area (Å²) in [5.74, 6) is -0.367. The number of carbonyl (C=O) groups excluding carboxylic acids is 1. The molecule has 0 atom stereocenters. The van der Waals surface area contributed by atoms with Crippen molar-refractivity contribution in [1.82, 2.24) is 14.9 Å². The fraction of sp³-hybridized carbons (Fsp3) is 0.452. The van der Waals surface area contributed by atoms with E-state index in [-0.39, 0.29) is 28.3 Å². The van der Waals surface area contributed by atoms with Crippen LogP contribution in [0.4, 0.5) is 0 Å². The first-order valence-corrected chi connectivity index (χ1v) is 17.2. The number of halogens is 1. The van der Waals surface area contributed by atoms with Crippen molar-refractivity contribution in [2.75, 3.05) is 20.2 Å². The molecular formula is C31H42ClN3O4Si. The first kappa shape index (κ1) is 31.6. The van der Waals surface area contributed by atoms with Crippen molar-refractivity contribution < 1.29 is 19.4 Å². The van der Waals surface area contributed by atoms with Gasteiger partial charge in [-0.05, 0) is 54.6 Å². The zero-order valence-electron chi connectivity index (χ0n) is 24.5. The standard InChI is InChI=1S/C31H42ClN3O4Si/c1-7-8-20-39-28-27(30(37)35(4)19-13-18-31(2,3)40(5,6)38)33-26(34-29(28)36)21-22-14-9-10-15-23(22)24-16-11-12-17-25(24)32/h9-12,14-17,38H,7-8,13,18-21H2,1-6H3,(H,33,34,36). The van der Waals surface area contributed by atoms with Crippen molar-refractivity contribution in [3.05, 3.63) is 70.6 Å². The maximum Gasteiger partial charge on any atom is 0.276 e. The highest BCUT2D eigenvalue weighted by molar-refractivity contribution is 6.72. The quantitative estimate of drug-likeness (QED) is 0.164. The average Bonchev–Trinajstić information content (AvgIpc) is 2.89. The highest BCUT2D eigenvalue weighted by Gasteiger charge is 2.37. The van der Waals surface area contributed by atoms with Gasteiger partial charge in [-0.3, -0.25) is 4.79 Å². The first-order chi connectivity index (χ1) is 18.9. The van der Waals surface area contributed by atoms with Gasteiger partial charge in [0.05, 0.1) is 6.61 Å². The average molecular weight is 584 g/mol. The van der Waals surface area contributed by atoms with E-state index in [2.05, 4.69) is 23.8 Å². The van der Waals surface area contributed by atoms with E-state index < -0.39 is 8.32 Å². The van der Waals surface area contributed by atoms with Gasteiger partial charge in [0.1, 0.15) is 5.82 Å². The maximum absolute atomic E-state index is 13.6. The third kappa shape index (κ3) is 7.83. The van der Waals surface area contributed by atoms with Crippen molar-refractivity contribution in [3.63, 3.8) is 0 Å². The number of ether oxygens (including phenoxy) is 1. The Morgan fingerprint density at radius 1 is 1.05 bits per heavy atom. The number of hydrogen-bond acceptors (Lipinski definition) is 6. The molecule has 0 saturated carbocycles. The van der Waals surface area contributed by atoms with Crippen LogP contribution in [0, 0.1) is 0 Å². The van der Waals surface area contributed by atoms with Gasteiger partial charge < -0.3 is 19.5 Å². The zero-order chi connectivity index (χ0) is 29.5. The molecule has 2 N–H and O–H groups in total. The molecule has 1 aromatic heterocycles. The SMILES string of the molecule is CCCCOc1c(O)nc(Cc2ccccc2-c2ccccc2Cl)nc1C(=O)N(C)CCCC(C)(C)[Si](C)(C)O. The molecule has 0 aliphatic heterocycles. The lowest BCUT2D eigenvalue weighted by molar-refractivity contribution is 0.0778. The molecule has 216 valence electrons. The molecule has 0 bridgehead atoms. The van der Waals surface area contributed by atoms with Crippen LogP contribution in [0.25, 0.3) is 11.1 Å². The van der Waals surface area contributed by atoms with Crippen LogP contribution in [-0.4, -0.2) is 59.2 Å². The number of nitrogens with zero attached hydrogens (tertiary/aromatic N) is 3. The minimum atomic E-state index is -2.35. The maximum atomic E-state index is 13.6. The van der Waals surface area contributed by atoms with Gasteiger partial charge in [0, 0.05) is 30.6 Å². The Bertz CT molecular complexity index is 1310. The predicted molar refractivity (Wildman–Crippen MR) is 164 cm³/mol. The third-order valence-corrected chi connectivity index (χ3v) is 11.6. The van der Waals surface area contributed by atoms with Gasteiger partial charge >= 0.3 is 0 Å². The van der Waals surface area contributed by atoms with Crippen molar-refractivity contribution in [1.29, 1.82) is 0 Å². The van der Waals surface area contributed by atoms with E-state index in [0.717, 1.165) is 42.4 Å². The van der Waals surface area contributed by atoms with E-state index in [1.807, 2.05) is 68.5 Å². The van der Waals surface area contributed by atoms with E-state index in [9.17, 15) is 14.7 Å². The number of aromatic nitrogens is 2. The molecule has 0 radical (unpaired) electrons. The molecule has 9 heteroatoms. The van der Waals surface area contributed by atoms with Gasteiger partial charge in [0.2, 0.25) is 5.75 Å². The molecule has 1 heterocycles. The second-order valence-corrected chi connectivity index (χ2v) is 16.3. The molecule has 0 unspecified atom stereocenters. The normalized spacial score (nSPS) is 11.9. The summed E-state index contributed by atoms with van der Waals surface area (Å²) >= 11 is 6.49. The van der Waals surface area contributed by atoms with Crippen molar-refractivity contribution >= 4 is 25.8 Å². The van der Waals surface area contributed by atoms with Crippen LogP contribution in [0.15, 0.2) is 48.5 Å². The van der Waals surface area contributed by atoms with Crippen LogP contribution in [-0.2, 0) is 6.42 Å². The highest BCUT2D eigenvalue weighted by Crippen LogP contribution is 2.40. The van der Waals surface area contributed by atoms with E-state index in [1.54, 1.807) is 11.9 Å². The topological polar surface area (TPSA) is 95.8 Å². The zero-order valence-corrected chi connectivity index (χ0v) is 26.3. The first-order valence-electron chi connectivity index (χ1n) is 13.9. The van der Waals surface area contributed by atoms with Crippen LogP contribution in [0.1, 0.15) is 68.3 Å². The van der Waals surface area contributed by atoms with Gasteiger partial charge in [-0.15, -0.1) is 0 Å². The molecule has 0 aliphatic carbocycles. The molecule has 0 fully saturated rings. The lowest BCUT2D eigenvalue weighted by atomic mass is 9.97. The summed E-state index contributed by atoms with van der Waals surface area (Å²) in [5, 5.41) is 11.3. The van der Waals surface area contributed by atoms with Crippen molar-refractivity contribution in [2.24, 2.45) is 0 Å². The van der Waals surface area contributed by atoms with Crippen LogP contribution >= 0.6 is 11.6 Å².